The highest BCUT2D eigenvalue weighted by atomic mass is 32.2. The fourth-order valence-electron chi connectivity index (χ4n) is 1.70. The Morgan fingerprint density at radius 3 is 2.74 bits per heavy atom. The minimum atomic E-state index is -1.06. The third-order valence-corrected chi connectivity index (χ3v) is 4.68. The molecule has 0 fully saturated rings. The SMILES string of the molecule is O=C(O)c1nnc2ccccc2c1Sc1cccs1. The first-order valence-electron chi connectivity index (χ1n) is 5.46. The fourth-order valence-corrected chi connectivity index (χ4v) is 3.61. The van der Waals surface area contributed by atoms with Gasteiger partial charge in [0.15, 0.2) is 5.69 Å². The zero-order chi connectivity index (χ0) is 13.2. The van der Waals surface area contributed by atoms with Gasteiger partial charge in [-0.1, -0.05) is 36.0 Å². The maximum Gasteiger partial charge on any atom is 0.357 e. The van der Waals surface area contributed by atoms with Crippen LogP contribution in [0.2, 0.25) is 0 Å². The molecule has 0 spiro atoms. The molecule has 1 N–H and O–H groups in total. The van der Waals surface area contributed by atoms with E-state index < -0.39 is 5.97 Å². The molecule has 6 heteroatoms. The summed E-state index contributed by atoms with van der Waals surface area (Å²) in [6.45, 7) is 0. The Morgan fingerprint density at radius 1 is 1.16 bits per heavy atom. The third-order valence-electron chi connectivity index (χ3n) is 2.52. The third kappa shape index (κ3) is 2.32. The fraction of sp³-hybridized carbons (Fsp3) is 0. The van der Waals surface area contributed by atoms with Crippen molar-refractivity contribution in [3.63, 3.8) is 0 Å². The van der Waals surface area contributed by atoms with Crippen LogP contribution in [-0.4, -0.2) is 21.3 Å². The Hall–Kier alpha value is -1.92. The number of carboxylic acid groups (broad SMARTS) is 1. The molecule has 0 atom stereocenters. The van der Waals surface area contributed by atoms with Crippen molar-refractivity contribution in [2.45, 2.75) is 9.10 Å². The second-order valence-electron chi connectivity index (χ2n) is 3.73. The van der Waals surface area contributed by atoms with E-state index in [1.165, 1.54) is 11.8 Å². The molecule has 0 radical (unpaired) electrons. The maximum atomic E-state index is 11.3. The highest BCUT2D eigenvalue weighted by Gasteiger charge is 2.17. The zero-order valence-corrected chi connectivity index (χ0v) is 11.2. The van der Waals surface area contributed by atoms with E-state index in [9.17, 15) is 9.90 Å². The molecule has 4 nitrogen and oxygen atoms in total. The lowest BCUT2D eigenvalue weighted by molar-refractivity contribution is 0.0685. The molecule has 3 aromatic rings. The molecule has 0 saturated carbocycles. The van der Waals surface area contributed by atoms with Crippen LogP contribution in [0.3, 0.4) is 0 Å². The summed E-state index contributed by atoms with van der Waals surface area (Å²) in [6, 6.07) is 11.3. The predicted octanol–water partition coefficient (Wildman–Crippen LogP) is 3.54. The van der Waals surface area contributed by atoms with E-state index >= 15 is 0 Å². The average molecular weight is 288 g/mol. The van der Waals surface area contributed by atoms with Crippen molar-refractivity contribution < 1.29 is 9.90 Å². The Labute approximate surface area is 117 Å². The van der Waals surface area contributed by atoms with Crippen LogP contribution in [-0.2, 0) is 0 Å². The number of rotatable bonds is 3. The van der Waals surface area contributed by atoms with Crippen LogP contribution in [0.1, 0.15) is 10.5 Å². The number of benzene rings is 1. The lowest BCUT2D eigenvalue weighted by Crippen LogP contribution is -2.05. The zero-order valence-electron chi connectivity index (χ0n) is 9.61. The molecule has 0 saturated heterocycles. The molecule has 3 rings (SSSR count). The number of hydrogen-bond donors (Lipinski definition) is 1. The quantitative estimate of drug-likeness (QED) is 0.798. The number of fused-ring (bicyclic) bond motifs is 1. The largest absolute Gasteiger partial charge is 0.476 e. The molecule has 0 aliphatic rings. The second kappa shape index (κ2) is 4.99. The summed E-state index contributed by atoms with van der Waals surface area (Å²) in [6.07, 6.45) is 0. The monoisotopic (exact) mass is 288 g/mol. The summed E-state index contributed by atoms with van der Waals surface area (Å²) < 4.78 is 1.03. The molecule has 0 unspecified atom stereocenters. The Kier molecular flexibility index (Phi) is 3.18. The van der Waals surface area contributed by atoms with E-state index in [4.69, 9.17) is 0 Å². The van der Waals surface area contributed by atoms with Gasteiger partial charge in [0.25, 0.3) is 0 Å². The topological polar surface area (TPSA) is 63.1 Å². The molecule has 0 aliphatic carbocycles. The minimum absolute atomic E-state index is 0.00269. The molecule has 0 aliphatic heterocycles. The molecule has 0 bridgehead atoms. The lowest BCUT2D eigenvalue weighted by atomic mass is 10.2. The van der Waals surface area contributed by atoms with E-state index in [0.29, 0.717) is 10.4 Å². The summed E-state index contributed by atoms with van der Waals surface area (Å²) in [4.78, 5) is 11.9. The van der Waals surface area contributed by atoms with Gasteiger partial charge >= 0.3 is 5.97 Å². The van der Waals surface area contributed by atoms with Gasteiger partial charge in [0.1, 0.15) is 0 Å². The van der Waals surface area contributed by atoms with Crippen LogP contribution < -0.4 is 0 Å². The van der Waals surface area contributed by atoms with Gasteiger partial charge in [0, 0.05) is 5.39 Å². The first-order chi connectivity index (χ1) is 9.25. The van der Waals surface area contributed by atoms with Crippen molar-refractivity contribution in [1.82, 2.24) is 10.2 Å². The lowest BCUT2D eigenvalue weighted by Gasteiger charge is -2.06. The Bertz CT molecular complexity index is 741. The van der Waals surface area contributed by atoms with E-state index in [-0.39, 0.29) is 5.69 Å². The minimum Gasteiger partial charge on any atom is -0.476 e. The first-order valence-corrected chi connectivity index (χ1v) is 7.15. The normalized spacial score (nSPS) is 10.7. The van der Waals surface area contributed by atoms with Gasteiger partial charge in [-0.3, -0.25) is 0 Å². The predicted molar refractivity (Wildman–Crippen MR) is 74.9 cm³/mol. The maximum absolute atomic E-state index is 11.3. The number of carbonyl (C=O) groups is 1. The second-order valence-corrected chi connectivity index (χ2v) is 5.99. The van der Waals surface area contributed by atoms with Gasteiger partial charge in [0.2, 0.25) is 0 Å². The van der Waals surface area contributed by atoms with E-state index in [0.717, 1.165) is 9.60 Å². The van der Waals surface area contributed by atoms with Crippen LogP contribution in [0, 0.1) is 0 Å². The van der Waals surface area contributed by atoms with Crippen LogP contribution in [0.5, 0.6) is 0 Å². The number of aromatic carboxylic acids is 1. The average Bonchev–Trinajstić information content (AvgIpc) is 2.92. The molecule has 2 aromatic heterocycles. The molecular weight excluding hydrogens is 280 g/mol. The summed E-state index contributed by atoms with van der Waals surface area (Å²) in [5.41, 5.74) is 0.698. The van der Waals surface area contributed by atoms with Crippen LogP contribution >= 0.6 is 23.1 Å². The molecule has 1 aromatic carbocycles. The van der Waals surface area contributed by atoms with Gasteiger partial charge in [-0.15, -0.1) is 21.5 Å². The van der Waals surface area contributed by atoms with Crippen molar-refractivity contribution in [3.8, 4) is 0 Å². The molecule has 2 heterocycles. The molecule has 94 valence electrons. The molecule has 0 amide bonds. The van der Waals surface area contributed by atoms with Gasteiger partial charge < -0.3 is 5.11 Å². The number of aromatic nitrogens is 2. The van der Waals surface area contributed by atoms with Crippen molar-refractivity contribution in [1.29, 1.82) is 0 Å². The summed E-state index contributed by atoms with van der Waals surface area (Å²) in [5.74, 6) is -1.06. The summed E-state index contributed by atoms with van der Waals surface area (Å²) in [5, 5.41) is 19.8. The summed E-state index contributed by atoms with van der Waals surface area (Å²) >= 11 is 2.98. The Balaban J connectivity index is 2.22. The van der Waals surface area contributed by atoms with Gasteiger partial charge in [-0.25, -0.2) is 4.79 Å². The number of hydrogen-bond acceptors (Lipinski definition) is 5. The van der Waals surface area contributed by atoms with Gasteiger partial charge in [-0.2, -0.15) is 0 Å². The van der Waals surface area contributed by atoms with Gasteiger partial charge in [-0.05, 0) is 17.5 Å². The summed E-state index contributed by atoms with van der Waals surface area (Å²) in [7, 11) is 0. The van der Waals surface area contributed by atoms with Crippen LogP contribution in [0.25, 0.3) is 10.9 Å². The van der Waals surface area contributed by atoms with Crippen LogP contribution in [0.15, 0.2) is 50.9 Å². The smallest absolute Gasteiger partial charge is 0.357 e. The standard InChI is InChI=1S/C13H8N2O2S2/c16-13(17)11-12(19-10-6-3-7-18-10)8-4-1-2-5-9(8)14-15-11/h1-7H,(H,16,17). The van der Waals surface area contributed by atoms with E-state index in [1.54, 1.807) is 11.3 Å². The molecular formula is C13H8N2O2S2. The van der Waals surface area contributed by atoms with Crippen LogP contribution in [0.4, 0.5) is 0 Å². The number of carboxylic acids is 1. The number of thiophene rings is 1. The van der Waals surface area contributed by atoms with Crippen molar-refractivity contribution in [3.05, 3.63) is 47.5 Å². The number of nitrogens with zero attached hydrogens (tertiary/aromatic N) is 2. The Morgan fingerprint density at radius 2 is 2.00 bits per heavy atom. The first kappa shape index (κ1) is 12.1. The van der Waals surface area contributed by atoms with E-state index in [2.05, 4.69) is 10.2 Å². The van der Waals surface area contributed by atoms with Crippen molar-refractivity contribution in [2.75, 3.05) is 0 Å². The highest BCUT2D eigenvalue weighted by Crippen LogP contribution is 2.36. The van der Waals surface area contributed by atoms with Gasteiger partial charge in [0.05, 0.1) is 14.6 Å². The van der Waals surface area contributed by atoms with Crippen molar-refractivity contribution >= 4 is 40.0 Å². The van der Waals surface area contributed by atoms with E-state index in [1.807, 2.05) is 41.8 Å². The highest BCUT2D eigenvalue weighted by molar-refractivity contribution is 8.01. The molecule has 19 heavy (non-hydrogen) atoms. The van der Waals surface area contributed by atoms with Crippen molar-refractivity contribution in [2.24, 2.45) is 0 Å².